The van der Waals surface area contributed by atoms with Gasteiger partial charge in [-0.3, -0.25) is 4.79 Å². The van der Waals surface area contributed by atoms with E-state index in [0.29, 0.717) is 29.4 Å². The molecule has 0 amide bonds. The lowest BCUT2D eigenvalue weighted by atomic mass is 10.1. The number of aryl methyl sites for hydroxylation is 2. The molecule has 0 aliphatic rings. The van der Waals surface area contributed by atoms with Gasteiger partial charge in [-0.05, 0) is 49.6 Å². The third kappa shape index (κ3) is 4.03. The summed E-state index contributed by atoms with van der Waals surface area (Å²) in [6.07, 6.45) is 1.63. The highest BCUT2D eigenvalue weighted by Crippen LogP contribution is 2.41. The maximum atomic E-state index is 11.2. The smallest absolute Gasteiger partial charge is 0.204 e. The van der Waals surface area contributed by atoms with Crippen LogP contribution in [0.25, 0.3) is 0 Å². The average molecular weight is 314 g/mol. The number of benzene rings is 2. The highest BCUT2D eigenvalue weighted by atomic mass is 16.5. The van der Waals surface area contributed by atoms with Gasteiger partial charge in [0.25, 0.3) is 0 Å². The molecular weight excluding hydrogens is 292 g/mol. The highest BCUT2D eigenvalue weighted by molar-refractivity contribution is 5.78. The maximum Gasteiger partial charge on any atom is 0.204 e. The Morgan fingerprint density at radius 3 is 2.43 bits per heavy atom. The number of methoxy groups -OCH3 is 1. The van der Waals surface area contributed by atoms with E-state index < -0.39 is 0 Å². The molecule has 0 aromatic heterocycles. The van der Waals surface area contributed by atoms with Crippen molar-refractivity contribution in [2.45, 2.75) is 27.2 Å². The molecule has 23 heavy (non-hydrogen) atoms. The van der Waals surface area contributed by atoms with E-state index in [1.807, 2.05) is 39.0 Å². The molecule has 122 valence electrons. The Balaban J connectivity index is 2.49. The van der Waals surface area contributed by atoms with Gasteiger partial charge >= 0.3 is 0 Å². The monoisotopic (exact) mass is 314 g/mol. The third-order valence-corrected chi connectivity index (χ3v) is 3.41. The molecule has 2 aromatic carbocycles. The predicted molar refractivity (Wildman–Crippen MR) is 90.2 cm³/mol. The Bertz CT molecular complexity index is 692. The summed E-state index contributed by atoms with van der Waals surface area (Å²) >= 11 is 0. The summed E-state index contributed by atoms with van der Waals surface area (Å²) in [5, 5.41) is 0. The topological polar surface area (TPSA) is 44.8 Å². The van der Waals surface area contributed by atoms with Gasteiger partial charge in [-0.2, -0.15) is 0 Å². The van der Waals surface area contributed by atoms with E-state index in [-0.39, 0.29) is 0 Å². The van der Waals surface area contributed by atoms with E-state index in [4.69, 9.17) is 14.2 Å². The Labute approximate surface area is 137 Å². The summed E-state index contributed by atoms with van der Waals surface area (Å²) in [5.41, 5.74) is 2.58. The molecule has 4 heteroatoms. The van der Waals surface area contributed by atoms with Crippen LogP contribution >= 0.6 is 0 Å². The van der Waals surface area contributed by atoms with E-state index in [0.717, 1.165) is 29.6 Å². The second-order valence-corrected chi connectivity index (χ2v) is 5.39. The van der Waals surface area contributed by atoms with Crippen molar-refractivity contribution in [3.05, 3.63) is 47.0 Å². The first-order chi connectivity index (χ1) is 11.1. The SMILES string of the molecule is CCCOc1c(OC)cc(C=O)cc1Oc1cc(C)ccc1C. The number of hydrogen-bond donors (Lipinski definition) is 0. The number of ether oxygens (including phenoxy) is 3. The molecule has 0 aliphatic heterocycles. The van der Waals surface area contributed by atoms with Gasteiger partial charge in [0.1, 0.15) is 12.0 Å². The number of rotatable bonds is 7. The Morgan fingerprint density at radius 2 is 1.78 bits per heavy atom. The molecular formula is C19H22O4. The summed E-state index contributed by atoms with van der Waals surface area (Å²) in [5.74, 6) is 2.22. The van der Waals surface area contributed by atoms with Gasteiger partial charge in [0, 0.05) is 5.56 Å². The summed E-state index contributed by atoms with van der Waals surface area (Å²) < 4.78 is 17.2. The van der Waals surface area contributed by atoms with Gasteiger partial charge in [0.2, 0.25) is 5.75 Å². The lowest BCUT2D eigenvalue weighted by molar-refractivity contribution is 0.112. The van der Waals surface area contributed by atoms with Crippen LogP contribution in [0, 0.1) is 13.8 Å². The van der Waals surface area contributed by atoms with E-state index in [9.17, 15) is 4.79 Å². The second kappa shape index (κ2) is 7.68. The molecule has 0 unspecified atom stereocenters. The first-order valence-corrected chi connectivity index (χ1v) is 7.64. The quantitative estimate of drug-likeness (QED) is 0.695. The molecule has 0 spiro atoms. The van der Waals surface area contributed by atoms with Gasteiger partial charge in [-0.25, -0.2) is 0 Å². The molecule has 0 radical (unpaired) electrons. The zero-order valence-electron chi connectivity index (χ0n) is 14.0. The predicted octanol–water partition coefficient (Wildman–Crippen LogP) is 4.71. The van der Waals surface area contributed by atoms with Crippen molar-refractivity contribution >= 4 is 6.29 Å². The van der Waals surface area contributed by atoms with Crippen LogP contribution in [0.4, 0.5) is 0 Å². The zero-order valence-corrected chi connectivity index (χ0v) is 14.0. The fourth-order valence-corrected chi connectivity index (χ4v) is 2.17. The Hall–Kier alpha value is -2.49. The van der Waals surface area contributed by atoms with Crippen molar-refractivity contribution in [1.29, 1.82) is 0 Å². The largest absolute Gasteiger partial charge is 0.493 e. The van der Waals surface area contributed by atoms with Gasteiger partial charge in [-0.1, -0.05) is 19.1 Å². The molecule has 0 fully saturated rings. The van der Waals surface area contributed by atoms with Gasteiger partial charge < -0.3 is 14.2 Å². The van der Waals surface area contributed by atoms with Crippen LogP contribution in [-0.2, 0) is 0 Å². The van der Waals surface area contributed by atoms with Crippen molar-refractivity contribution in [3.8, 4) is 23.0 Å². The van der Waals surface area contributed by atoms with Crippen molar-refractivity contribution < 1.29 is 19.0 Å². The number of hydrogen-bond acceptors (Lipinski definition) is 4. The molecule has 0 saturated carbocycles. The van der Waals surface area contributed by atoms with E-state index in [2.05, 4.69) is 0 Å². The van der Waals surface area contributed by atoms with E-state index in [1.165, 1.54) is 0 Å². The zero-order chi connectivity index (χ0) is 16.8. The molecule has 0 N–H and O–H groups in total. The first-order valence-electron chi connectivity index (χ1n) is 7.64. The van der Waals surface area contributed by atoms with Crippen molar-refractivity contribution in [3.63, 3.8) is 0 Å². The van der Waals surface area contributed by atoms with Crippen LogP contribution in [0.5, 0.6) is 23.0 Å². The maximum absolute atomic E-state index is 11.2. The second-order valence-electron chi connectivity index (χ2n) is 5.39. The lowest BCUT2D eigenvalue weighted by Crippen LogP contribution is -2.02. The summed E-state index contributed by atoms with van der Waals surface area (Å²) in [6.45, 7) is 6.54. The Kier molecular flexibility index (Phi) is 5.63. The molecule has 0 aliphatic carbocycles. The standard InChI is InChI=1S/C19H22O4/c1-5-8-22-19-17(21-4)10-15(12-20)11-18(19)23-16-9-13(2)6-7-14(16)3/h6-7,9-12H,5,8H2,1-4H3. The minimum atomic E-state index is 0.478. The molecule has 0 atom stereocenters. The minimum Gasteiger partial charge on any atom is -0.493 e. The van der Waals surface area contributed by atoms with Crippen LogP contribution < -0.4 is 14.2 Å². The Morgan fingerprint density at radius 1 is 1.04 bits per heavy atom. The fourth-order valence-electron chi connectivity index (χ4n) is 2.17. The van der Waals surface area contributed by atoms with Crippen molar-refractivity contribution in [1.82, 2.24) is 0 Å². The molecule has 0 saturated heterocycles. The molecule has 2 rings (SSSR count). The summed E-state index contributed by atoms with van der Waals surface area (Å²) in [4.78, 5) is 11.2. The van der Waals surface area contributed by atoms with Crippen LogP contribution in [0.1, 0.15) is 34.8 Å². The van der Waals surface area contributed by atoms with Crippen LogP contribution in [0.15, 0.2) is 30.3 Å². The molecule has 0 heterocycles. The average Bonchev–Trinajstić information content (AvgIpc) is 2.56. The molecule has 0 bridgehead atoms. The fraction of sp³-hybridized carbons (Fsp3) is 0.316. The van der Waals surface area contributed by atoms with Crippen molar-refractivity contribution in [2.24, 2.45) is 0 Å². The third-order valence-electron chi connectivity index (χ3n) is 3.41. The van der Waals surface area contributed by atoms with E-state index >= 15 is 0 Å². The van der Waals surface area contributed by atoms with E-state index in [1.54, 1.807) is 19.2 Å². The summed E-state index contributed by atoms with van der Waals surface area (Å²) in [6, 6.07) is 9.30. The molecule has 2 aromatic rings. The highest BCUT2D eigenvalue weighted by Gasteiger charge is 2.16. The number of carbonyl (C=O) groups excluding carboxylic acids is 1. The minimum absolute atomic E-state index is 0.478. The van der Waals surface area contributed by atoms with Crippen LogP contribution in [0.3, 0.4) is 0 Å². The first kappa shape index (κ1) is 16.9. The number of carbonyl (C=O) groups is 1. The van der Waals surface area contributed by atoms with Crippen LogP contribution in [-0.4, -0.2) is 20.0 Å². The number of aldehydes is 1. The lowest BCUT2D eigenvalue weighted by Gasteiger charge is -2.17. The van der Waals surface area contributed by atoms with Gasteiger partial charge in [0.15, 0.2) is 11.5 Å². The normalized spacial score (nSPS) is 10.3. The van der Waals surface area contributed by atoms with Gasteiger partial charge in [0.05, 0.1) is 13.7 Å². The molecule has 4 nitrogen and oxygen atoms in total. The van der Waals surface area contributed by atoms with Crippen LogP contribution in [0.2, 0.25) is 0 Å². The van der Waals surface area contributed by atoms with Crippen molar-refractivity contribution in [2.75, 3.05) is 13.7 Å². The van der Waals surface area contributed by atoms with Gasteiger partial charge in [-0.15, -0.1) is 0 Å². The summed E-state index contributed by atoms with van der Waals surface area (Å²) in [7, 11) is 1.55.